The van der Waals surface area contributed by atoms with Crippen LogP contribution in [0.4, 0.5) is 5.69 Å². The summed E-state index contributed by atoms with van der Waals surface area (Å²) in [6.07, 6.45) is 5.53. The van der Waals surface area contributed by atoms with E-state index < -0.39 is 0 Å². The standard InChI is InChI=1S/C14H13Cl2N3O/c1-8-4-10(6-17-13(8)16)18-14(20)12-5-9(15)7-19(12)11-2-3-11/h4-7,11H,2-3H2,1H3,(H,18,20). The van der Waals surface area contributed by atoms with Gasteiger partial charge in [0.15, 0.2) is 0 Å². The second-order valence-electron chi connectivity index (χ2n) is 4.97. The van der Waals surface area contributed by atoms with Gasteiger partial charge in [-0.25, -0.2) is 4.98 Å². The van der Waals surface area contributed by atoms with Gasteiger partial charge < -0.3 is 9.88 Å². The molecule has 0 aliphatic heterocycles. The number of anilines is 1. The van der Waals surface area contributed by atoms with Gasteiger partial charge in [-0.15, -0.1) is 0 Å². The van der Waals surface area contributed by atoms with Gasteiger partial charge in [0.05, 0.1) is 16.9 Å². The summed E-state index contributed by atoms with van der Waals surface area (Å²) in [6.45, 7) is 1.84. The van der Waals surface area contributed by atoms with E-state index in [1.807, 2.05) is 11.5 Å². The fraction of sp³-hybridized carbons (Fsp3) is 0.286. The molecule has 0 saturated heterocycles. The molecular weight excluding hydrogens is 297 g/mol. The lowest BCUT2D eigenvalue weighted by Gasteiger charge is -2.09. The van der Waals surface area contributed by atoms with E-state index in [-0.39, 0.29) is 5.91 Å². The average Bonchev–Trinajstić information content (AvgIpc) is 3.17. The van der Waals surface area contributed by atoms with Crippen molar-refractivity contribution in [3.05, 3.63) is 46.0 Å². The maximum Gasteiger partial charge on any atom is 0.272 e. The third-order valence-corrected chi connectivity index (χ3v) is 3.86. The Morgan fingerprint density at radius 2 is 2.15 bits per heavy atom. The molecule has 20 heavy (non-hydrogen) atoms. The summed E-state index contributed by atoms with van der Waals surface area (Å²) in [4.78, 5) is 16.3. The summed E-state index contributed by atoms with van der Waals surface area (Å²) >= 11 is 11.9. The molecule has 4 nitrogen and oxygen atoms in total. The van der Waals surface area contributed by atoms with Crippen LogP contribution in [0.3, 0.4) is 0 Å². The van der Waals surface area contributed by atoms with Crippen molar-refractivity contribution in [2.75, 3.05) is 5.32 Å². The van der Waals surface area contributed by atoms with E-state index in [4.69, 9.17) is 23.2 Å². The van der Waals surface area contributed by atoms with E-state index in [2.05, 4.69) is 10.3 Å². The molecule has 0 aromatic carbocycles. The number of hydrogen-bond acceptors (Lipinski definition) is 2. The molecule has 1 aliphatic carbocycles. The first-order valence-corrected chi connectivity index (χ1v) is 7.11. The maximum absolute atomic E-state index is 12.3. The topological polar surface area (TPSA) is 46.9 Å². The molecule has 1 aliphatic rings. The van der Waals surface area contributed by atoms with Crippen molar-refractivity contribution in [1.29, 1.82) is 0 Å². The lowest BCUT2D eigenvalue weighted by molar-refractivity contribution is 0.101. The minimum Gasteiger partial charge on any atom is -0.339 e. The van der Waals surface area contributed by atoms with Crippen molar-refractivity contribution in [3.8, 4) is 0 Å². The highest BCUT2D eigenvalue weighted by molar-refractivity contribution is 6.31. The molecule has 104 valence electrons. The second kappa shape index (κ2) is 5.11. The summed E-state index contributed by atoms with van der Waals surface area (Å²) in [5, 5.41) is 3.84. The zero-order chi connectivity index (χ0) is 14.3. The van der Waals surface area contributed by atoms with Gasteiger partial charge in [0.25, 0.3) is 5.91 Å². The highest BCUT2D eigenvalue weighted by Gasteiger charge is 2.27. The van der Waals surface area contributed by atoms with Crippen LogP contribution in [0.15, 0.2) is 24.5 Å². The molecule has 0 atom stereocenters. The number of aryl methyl sites for hydroxylation is 1. The van der Waals surface area contributed by atoms with Gasteiger partial charge in [0, 0.05) is 12.2 Å². The van der Waals surface area contributed by atoms with Crippen LogP contribution >= 0.6 is 23.2 Å². The molecule has 3 rings (SSSR count). The largest absolute Gasteiger partial charge is 0.339 e. The summed E-state index contributed by atoms with van der Waals surface area (Å²) in [6, 6.07) is 3.87. The Morgan fingerprint density at radius 1 is 1.40 bits per heavy atom. The Kier molecular flexibility index (Phi) is 3.44. The Balaban J connectivity index is 1.84. The van der Waals surface area contributed by atoms with Gasteiger partial charge in [0.1, 0.15) is 10.8 Å². The van der Waals surface area contributed by atoms with Crippen molar-refractivity contribution in [2.45, 2.75) is 25.8 Å². The Morgan fingerprint density at radius 3 is 2.80 bits per heavy atom. The van der Waals surface area contributed by atoms with Gasteiger partial charge >= 0.3 is 0 Å². The van der Waals surface area contributed by atoms with Crippen molar-refractivity contribution < 1.29 is 4.79 Å². The maximum atomic E-state index is 12.3. The highest BCUT2D eigenvalue weighted by atomic mass is 35.5. The molecular formula is C14H13Cl2N3O. The molecule has 0 radical (unpaired) electrons. The number of amides is 1. The molecule has 2 aromatic rings. The SMILES string of the molecule is Cc1cc(NC(=O)c2cc(Cl)cn2C2CC2)cnc1Cl. The number of rotatable bonds is 3. The van der Waals surface area contributed by atoms with Crippen molar-refractivity contribution in [1.82, 2.24) is 9.55 Å². The second-order valence-corrected chi connectivity index (χ2v) is 5.76. The molecule has 1 saturated carbocycles. The number of pyridine rings is 1. The predicted octanol–water partition coefficient (Wildman–Crippen LogP) is 4.09. The van der Waals surface area contributed by atoms with Crippen LogP contribution in [0, 0.1) is 6.92 Å². The first-order valence-electron chi connectivity index (χ1n) is 6.35. The van der Waals surface area contributed by atoms with E-state index in [0.717, 1.165) is 18.4 Å². The summed E-state index contributed by atoms with van der Waals surface area (Å²) < 4.78 is 1.94. The number of hydrogen-bond donors (Lipinski definition) is 1. The summed E-state index contributed by atoms with van der Waals surface area (Å²) in [5.41, 5.74) is 2.02. The van der Waals surface area contributed by atoms with Crippen LogP contribution < -0.4 is 5.32 Å². The minimum absolute atomic E-state index is 0.188. The predicted molar refractivity (Wildman–Crippen MR) is 79.7 cm³/mol. The summed E-state index contributed by atoms with van der Waals surface area (Å²) in [5.74, 6) is -0.188. The van der Waals surface area contributed by atoms with Crippen molar-refractivity contribution >= 4 is 34.8 Å². The fourth-order valence-electron chi connectivity index (χ4n) is 2.10. The highest BCUT2D eigenvalue weighted by Crippen LogP contribution is 2.37. The zero-order valence-electron chi connectivity index (χ0n) is 10.9. The minimum atomic E-state index is -0.188. The molecule has 0 spiro atoms. The molecule has 1 fully saturated rings. The van der Waals surface area contributed by atoms with Crippen molar-refractivity contribution in [2.24, 2.45) is 0 Å². The Bertz CT molecular complexity index is 677. The molecule has 1 amide bonds. The Labute approximate surface area is 126 Å². The Hall–Kier alpha value is -1.52. The van der Waals surface area contributed by atoms with E-state index in [0.29, 0.717) is 27.6 Å². The number of aromatic nitrogens is 2. The third kappa shape index (κ3) is 2.67. The number of halogens is 2. The molecule has 0 unspecified atom stereocenters. The van der Waals surface area contributed by atoms with E-state index >= 15 is 0 Å². The number of nitrogens with one attached hydrogen (secondary N) is 1. The molecule has 6 heteroatoms. The van der Waals surface area contributed by atoms with Crippen LogP contribution in [0.5, 0.6) is 0 Å². The van der Waals surface area contributed by atoms with Crippen LogP contribution in [-0.2, 0) is 0 Å². The van der Waals surface area contributed by atoms with Crippen LogP contribution in [0.25, 0.3) is 0 Å². The smallest absolute Gasteiger partial charge is 0.272 e. The normalized spacial score (nSPS) is 14.3. The first-order chi connectivity index (χ1) is 9.54. The van der Waals surface area contributed by atoms with Gasteiger partial charge in [-0.05, 0) is 37.5 Å². The van der Waals surface area contributed by atoms with Gasteiger partial charge in [-0.2, -0.15) is 0 Å². The van der Waals surface area contributed by atoms with Gasteiger partial charge in [-0.3, -0.25) is 4.79 Å². The van der Waals surface area contributed by atoms with Gasteiger partial charge in [-0.1, -0.05) is 23.2 Å². The van der Waals surface area contributed by atoms with E-state index in [9.17, 15) is 4.79 Å². The molecule has 2 aromatic heterocycles. The third-order valence-electron chi connectivity index (χ3n) is 3.26. The first kappa shape index (κ1) is 13.5. The summed E-state index contributed by atoms with van der Waals surface area (Å²) in [7, 11) is 0. The number of carbonyl (C=O) groups is 1. The number of nitrogens with zero attached hydrogens (tertiary/aromatic N) is 2. The molecule has 1 N–H and O–H groups in total. The van der Waals surface area contributed by atoms with E-state index in [1.165, 1.54) is 0 Å². The van der Waals surface area contributed by atoms with Gasteiger partial charge in [0.2, 0.25) is 0 Å². The van der Waals surface area contributed by atoms with Crippen molar-refractivity contribution in [3.63, 3.8) is 0 Å². The monoisotopic (exact) mass is 309 g/mol. The fourth-order valence-corrected chi connectivity index (χ4v) is 2.42. The zero-order valence-corrected chi connectivity index (χ0v) is 12.4. The lowest BCUT2D eigenvalue weighted by Crippen LogP contribution is -2.16. The molecule has 2 heterocycles. The number of carbonyl (C=O) groups excluding carboxylic acids is 1. The molecule has 0 bridgehead atoms. The van der Waals surface area contributed by atoms with E-state index in [1.54, 1.807) is 24.5 Å². The van der Waals surface area contributed by atoms with Crippen LogP contribution in [0.2, 0.25) is 10.2 Å². The van der Waals surface area contributed by atoms with Crippen LogP contribution in [-0.4, -0.2) is 15.5 Å². The lowest BCUT2D eigenvalue weighted by atomic mass is 10.3. The quantitative estimate of drug-likeness (QED) is 0.868. The average molecular weight is 310 g/mol. The van der Waals surface area contributed by atoms with Crippen LogP contribution in [0.1, 0.15) is 34.9 Å².